The van der Waals surface area contributed by atoms with Crippen molar-refractivity contribution in [2.45, 2.75) is 51.9 Å². The van der Waals surface area contributed by atoms with Gasteiger partial charge in [0.25, 0.3) is 0 Å². The molecule has 0 radical (unpaired) electrons. The highest BCUT2D eigenvalue weighted by Gasteiger charge is 2.23. The molecular weight excluding hydrogens is 290 g/mol. The molecule has 1 aromatic heterocycles. The summed E-state index contributed by atoms with van der Waals surface area (Å²) in [5.41, 5.74) is 4.32. The van der Waals surface area contributed by atoms with Crippen molar-refractivity contribution in [3.05, 3.63) is 45.3 Å². The largest absolute Gasteiger partial charge is 0.423 e. The minimum atomic E-state index is -0.250. The normalized spacial score (nSPS) is 25.0. The Bertz CT molecular complexity index is 785. The third-order valence-electron chi connectivity index (χ3n) is 4.93. The van der Waals surface area contributed by atoms with Crippen molar-refractivity contribution in [2.75, 3.05) is 13.1 Å². The molecule has 1 fully saturated rings. The van der Waals surface area contributed by atoms with E-state index in [1.165, 1.54) is 17.5 Å². The van der Waals surface area contributed by atoms with E-state index in [-0.39, 0.29) is 17.8 Å². The SMILES string of the molecule is CC1CN(Cc2cc(=O)oc3cc4c(cc23)CCC4)CC(C)O1. The predicted octanol–water partition coefficient (Wildman–Crippen LogP) is 2.89. The Morgan fingerprint density at radius 2 is 1.78 bits per heavy atom. The van der Waals surface area contributed by atoms with Crippen LogP contribution in [0, 0.1) is 0 Å². The number of ether oxygens (including phenoxy) is 1. The molecule has 4 nitrogen and oxygen atoms in total. The van der Waals surface area contributed by atoms with Gasteiger partial charge in [-0.25, -0.2) is 4.79 Å². The maximum atomic E-state index is 12.0. The molecule has 4 heteroatoms. The lowest BCUT2D eigenvalue weighted by atomic mass is 10.0. The summed E-state index contributed by atoms with van der Waals surface area (Å²) < 4.78 is 11.3. The van der Waals surface area contributed by atoms with Crippen LogP contribution < -0.4 is 5.63 Å². The minimum absolute atomic E-state index is 0.231. The topological polar surface area (TPSA) is 42.7 Å². The molecule has 122 valence electrons. The van der Waals surface area contributed by atoms with Crippen LogP contribution >= 0.6 is 0 Å². The van der Waals surface area contributed by atoms with Gasteiger partial charge >= 0.3 is 5.63 Å². The standard InChI is InChI=1S/C19H23NO3/c1-12-9-20(10-13(2)22-12)11-16-8-19(21)23-18-7-15-5-3-4-14(15)6-17(16)18/h6-8,12-13H,3-5,9-11H2,1-2H3. The summed E-state index contributed by atoms with van der Waals surface area (Å²) in [6, 6.07) is 5.98. The number of nitrogens with zero attached hydrogens (tertiary/aromatic N) is 1. The quantitative estimate of drug-likeness (QED) is 0.800. The first-order valence-corrected chi connectivity index (χ1v) is 8.55. The molecule has 4 rings (SSSR count). The average molecular weight is 313 g/mol. The van der Waals surface area contributed by atoms with Crippen molar-refractivity contribution in [3.63, 3.8) is 0 Å². The molecule has 1 saturated heterocycles. The monoisotopic (exact) mass is 313 g/mol. The first kappa shape index (κ1) is 14.9. The van der Waals surface area contributed by atoms with Gasteiger partial charge in [0, 0.05) is 31.1 Å². The Morgan fingerprint density at radius 1 is 1.09 bits per heavy atom. The fourth-order valence-electron chi connectivity index (χ4n) is 4.08. The number of hydrogen-bond acceptors (Lipinski definition) is 4. The third-order valence-corrected chi connectivity index (χ3v) is 4.93. The van der Waals surface area contributed by atoms with Gasteiger partial charge in [-0.3, -0.25) is 4.90 Å². The van der Waals surface area contributed by atoms with Crippen molar-refractivity contribution in [1.29, 1.82) is 0 Å². The molecule has 0 amide bonds. The molecule has 2 heterocycles. The molecule has 2 aliphatic rings. The molecule has 2 aromatic rings. The Kier molecular flexibility index (Phi) is 3.74. The van der Waals surface area contributed by atoms with Crippen molar-refractivity contribution < 1.29 is 9.15 Å². The molecule has 2 unspecified atom stereocenters. The zero-order valence-corrected chi connectivity index (χ0v) is 13.8. The average Bonchev–Trinajstić information content (AvgIpc) is 2.91. The second-order valence-corrected chi connectivity index (χ2v) is 7.01. The molecule has 2 atom stereocenters. The van der Waals surface area contributed by atoms with Gasteiger partial charge in [-0.2, -0.15) is 0 Å². The molecule has 1 aliphatic carbocycles. The molecule has 0 N–H and O–H groups in total. The number of fused-ring (bicyclic) bond motifs is 2. The van der Waals surface area contributed by atoms with E-state index in [0.29, 0.717) is 0 Å². The van der Waals surface area contributed by atoms with Crippen molar-refractivity contribution >= 4 is 11.0 Å². The van der Waals surface area contributed by atoms with Gasteiger partial charge in [-0.15, -0.1) is 0 Å². The van der Waals surface area contributed by atoms with Crippen molar-refractivity contribution in [3.8, 4) is 0 Å². The fourth-order valence-corrected chi connectivity index (χ4v) is 4.08. The van der Waals surface area contributed by atoms with E-state index in [1.807, 2.05) is 0 Å². The van der Waals surface area contributed by atoms with E-state index in [4.69, 9.17) is 9.15 Å². The van der Waals surface area contributed by atoms with Gasteiger partial charge < -0.3 is 9.15 Å². The number of morpholine rings is 1. The van der Waals surface area contributed by atoms with Crippen LogP contribution in [-0.4, -0.2) is 30.2 Å². The van der Waals surface area contributed by atoms with Gasteiger partial charge in [0.1, 0.15) is 5.58 Å². The second-order valence-electron chi connectivity index (χ2n) is 7.01. The van der Waals surface area contributed by atoms with Crippen molar-refractivity contribution in [2.24, 2.45) is 0 Å². The van der Waals surface area contributed by atoms with Gasteiger partial charge in [-0.1, -0.05) is 0 Å². The third kappa shape index (κ3) is 2.93. The minimum Gasteiger partial charge on any atom is -0.423 e. The summed E-state index contributed by atoms with van der Waals surface area (Å²) in [5, 5.41) is 1.09. The molecule has 0 bridgehead atoms. The van der Waals surface area contributed by atoms with Crippen LogP contribution in [0.4, 0.5) is 0 Å². The van der Waals surface area contributed by atoms with Gasteiger partial charge in [-0.05, 0) is 61.9 Å². The van der Waals surface area contributed by atoms with Gasteiger partial charge in [0.05, 0.1) is 12.2 Å². The van der Waals surface area contributed by atoms with Crippen LogP contribution in [-0.2, 0) is 24.1 Å². The lowest BCUT2D eigenvalue weighted by molar-refractivity contribution is -0.0704. The number of rotatable bonds is 2. The maximum absolute atomic E-state index is 12.0. The summed E-state index contributed by atoms with van der Waals surface area (Å²) in [7, 11) is 0. The molecule has 1 aliphatic heterocycles. The van der Waals surface area contributed by atoms with Gasteiger partial charge in [0.2, 0.25) is 0 Å². The highest BCUT2D eigenvalue weighted by atomic mass is 16.5. The lowest BCUT2D eigenvalue weighted by Crippen LogP contribution is -2.44. The summed E-state index contributed by atoms with van der Waals surface area (Å²) in [6.07, 6.45) is 3.89. The van der Waals surface area contributed by atoms with Crippen LogP contribution in [0.15, 0.2) is 27.4 Å². The zero-order chi connectivity index (χ0) is 16.0. The molecule has 0 saturated carbocycles. The van der Waals surface area contributed by atoms with E-state index in [0.717, 1.165) is 49.0 Å². The fraction of sp³-hybridized carbons (Fsp3) is 0.526. The Morgan fingerprint density at radius 3 is 2.52 bits per heavy atom. The van der Waals surface area contributed by atoms with Gasteiger partial charge in [0.15, 0.2) is 0 Å². The van der Waals surface area contributed by atoms with E-state index < -0.39 is 0 Å². The summed E-state index contributed by atoms with van der Waals surface area (Å²) >= 11 is 0. The zero-order valence-electron chi connectivity index (χ0n) is 13.8. The second kappa shape index (κ2) is 5.77. The molecule has 0 spiro atoms. The van der Waals surface area contributed by atoms with E-state index >= 15 is 0 Å². The lowest BCUT2D eigenvalue weighted by Gasteiger charge is -2.35. The van der Waals surface area contributed by atoms with Crippen LogP contribution in [0.25, 0.3) is 11.0 Å². The predicted molar refractivity (Wildman–Crippen MR) is 89.8 cm³/mol. The Balaban J connectivity index is 1.72. The molecule has 1 aromatic carbocycles. The van der Waals surface area contributed by atoms with Crippen LogP contribution in [0.3, 0.4) is 0 Å². The van der Waals surface area contributed by atoms with Crippen LogP contribution in [0.5, 0.6) is 0 Å². The van der Waals surface area contributed by atoms with Crippen LogP contribution in [0.1, 0.15) is 37.0 Å². The highest BCUT2D eigenvalue weighted by molar-refractivity contribution is 5.82. The summed E-state index contributed by atoms with van der Waals surface area (Å²) in [5.74, 6) is 0. The summed E-state index contributed by atoms with van der Waals surface area (Å²) in [6.45, 7) is 6.78. The van der Waals surface area contributed by atoms with E-state index in [2.05, 4.69) is 30.9 Å². The highest BCUT2D eigenvalue weighted by Crippen LogP contribution is 2.29. The molecular formula is C19H23NO3. The summed E-state index contributed by atoms with van der Waals surface area (Å²) in [4.78, 5) is 14.3. The smallest absolute Gasteiger partial charge is 0.336 e. The Hall–Kier alpha value is -1.65. The first-order valence-electron chi connectivity index (χ1n) is 8.55. The number of hydrogen-bond donors (Lipinski definition) is 0. The van der Waals surface area contributed by atoms with E-state index in [9.17, 15) is 4.79 Å². The number of benzene rings is 1. The molecule has 23 heavy (non-hydrogen) atoms. The van der Waals surface area contributed by atoms with Crippen molar-refractivity contribution in [1.82, 2.24) is 4.90 Å². The first-order chi connectivity index (χ1) is 11.1. The number of aryl methyl sites for hydroxylation is 2. The maximum Gasteiger partial charge on any atom is 0.336 e. The Labute approximate surface area is 136 Å². The van der Waals surface area contributed by atoms with Crippen LogP contribution in [0.2, 0.25) is 0 Å². The van der Waals surface area contributed by atoms with E-state index in [1.54, 1.807) is 6.07 Å².